The average molecular weight is 427 g/mol. The molecule has 7 nitrogen and oxygen atoms in total. The van der Waals surface area contributed by atoms with Crippen LogP contribution in [0.15, 0.2) is 66.9 Å². The van der Waals surface area contributed by atoms with Crippen molar-refractivity contribution in [2.24, 2.45) is 0 Å². The Morgan fingerprint density at radius 3 is 2.57 bits per heavy atom. The lowest BCUT2D eigenvalue weighted by atomic mass is 10.2. The molecule has 2 aromatic carbocycles. The normalized spacial score (nSPS) is 10.2. The molecule has 0 saturated carbocycles. The molecule has 1 heterocycles. The average Bonchev–Trinajstić information content (AvgIpc) is 2.77. The van der Waals surface area contributed by atoms with Crippen molar-refractivity contribution in [3.63, 3.8) is 0 Å². The third-order valence-electron chi connectivity index (χ3n) is 3.98. The lowest BCUT2D eigenvalue weighted by Gasteiger charge is -2.12. The van der Waals surface area contributed by atoms with Gasteiger partial charge in [-0.15, -0.1) is 0 Å². The summed E-state index contributed by atoms with van der Waals surface area (Å²) in [5.74, 6) is -0.234. The SMILES string of the molecule is COc1ccc(NC(=O)COc2ccccc2C(=O)OCc2ccccn2)cc1Cl. The molecule has 154 valence electrons. The zero-order valence-electron chi connectivity index (χ0n) is 16.1. The van der Waals surface area contributed by atoms with Gasteiger partial charge >= 0.3 is 5.97 Å². The fourth-order valence-electron chi connectivity index (χ4n) is 2.55. The first kappa shape index (κ1) is 21.1. The van der Waals surface area contributed by atoms with Crippen molar-refractivity contribution >= 4 is 29.2 Å². The Balaban J connectivity index is 1.58. The number of anilines is 1. The Morgan fingerprint density at radius 1 is 1.03 bits per heavy atom. The van der Waals surface area contributed by atoms with Crippen molar-refractivity contribution in [1.82, 2.24) is 4.98 Å². The third kappa shape index (κ3) is 5.71. The second-order valence-corrected chi connectivity index (χ2v) is 6.49. The fourth-order valence-corrected chi connectivity index (χ4v) is 2.80. The summed E-state index contributed by atoms with van der Waals surface area (Å²) in [5, 5.41) is 3.04. The number of rotatable bonds is 8. The summed E-state index contributed by atoms with van der Waals surface area (Å²) in [6, 6.07) is 16.8. The van der Waals surface area contributed by atoms with E-state index in [9.17, 15) is 9.59 Å². The van der Waals surface area contributed by atoms with E-state index >= 15 is 0 Å². The van der Waals surface area contributed by atoms with Gasteiger partial charge in [-0.1, -0.05) is 29.8 Å². The van der Waals surface area contributed by atoms with Gasteiger partial charge in [0.2, 0.25) is 0 Å². The summed E-state index contributed by atoms with van der Waals surface area (Å²) in [4.78, 5) is 28.7. The molecule has 8 heteroatoms. The molecule has 0 aliphatic carbocycles. The fraction of sp³-hybridized carbons (Fsp3) is 0.136. The number of carbonyl (C=O) groups is 2. The number of nitrogens with zero attached hydrogens (tertiary/aromatic N) is 1. The van der Waals surface area contributed by atoms with Crippen LogP contribution in [0.4, 0.5) is 5.69 Å². The van der Waals surface area contributed by atoms with Crippen LogP contribution < -0.4 is 14.8 Å². The zero-order chi connectivity index (χ0) is 21.3. The second-order valence-electron chi connectivity index (χ2n) is 6.08. The Morgan fingerprint density at radius 2 is 1.83 bits per heavy atom. The molecular formula is C22H19ClN2O5. The van der Waals surface area contributed by atoms with E-state index in [4.69, 9.17) is 25.8 Å². The van der Waals surface area contributed by atoms with Crippen LogP contribution in [0.25, 0.3) is 0 Å². The quantitative estimate of drug-likeness (QED) is 0.545. The van der Waals surface area contributed by atoms with E-state index in [1.54, 1.807) is 60.8 Å². The largest absolute Gasteiger partial charge is 0.495 e. The van der Waals surface area contributed by atoms with Crippen molar-refractivity contribution in [3.05, 3.63) is 83.1 Å². The maximum absolute atomic E-state index is 12.4. The van der Waals surface area contributed by atoms with E-state index in [2.05, 4.69) is 10.3 Å². The van der Waals surface area contributed by atoms with Gasteiger partial charge in [-0.25, -0.2) is 4.79 Å². The highest BCUT2D eigenvalue weighted by Crippen LogP contribution is 2.27. The number of para-hydroxylation sites is 1. The Kier molecular flexibility index (Phi) is 7.24. The molecule has 0 aliphatic heterocycles. The van der Waals surface area contributed by atoms with Crippen LogP contribution in [-0.4, -0.2) is 30.6 Å². The predicted octanol–water partition coefficient (Wildman–Crippen LogP) is 4.12. The molecule has 30 heavy (non-hydrogen) atoms. The van der Waals surface area contributed by atoms with E-state index in [-0.39, 0.29) is 24.5 Å². The molecule has 0 aliphatic rings. The van der Waals surface area contributed by atoms with Crippen molar-refractivity contribution in [2.75, 3.05) is 19.0 Å². The van der Waals surface area contributed by atoms with Crippen LogP contribution in [0.5, 0.6) is 11.5 Å². The summed E-state index contributed by atoms with van der Waals surface area (Å²) in [6.07, 6.45) is 1.62. The molecular weight excluding hydrogens is 408 g/mol. The highest BCUT2D eigenvalue weighted by Gasteiger charge is 2.15. The van der Waals surface area contributed by atoms with Gasteiger partial charge in [0.25, 0.3) is 5.91 Å². The van der Waals surface area contributed by atoms with E-state index in [0.717, 1.165) is 0 Å². The minimum absolute atomic E-state index is 0.0344. The molecule has 0 bridgehead atoms. The Hall–Kier alpha value is -3.58. The number of methoxy groups -OCH3 is 1. The molecule has 3 rings (SSSR count). The number of amides is 1. The number of carbonyl (C=O) groups excluding carboxylic acids is 2. The first-order chi connectivity index (χ1) is 14.6. The first-order valence-corrected chi connectivity index (χ1v) is 9.37. The number of hydrogen-bond acceptors (Lipinski definition) is 6. The minimum Gasteiger partial charge on any atom is -0.495 e. The van der Waals surface area contributed by atoms with Crippen molar-refractivity contribution in [3.8, 4) is 11.5 Å². The number of ether oxygens (including phenoxy) is 3. The van der Waals surface area contributed by atoms with Crippen LogP contribution in [0, 0.1) is 0 Å². The number of aromatic nitrogens is 1. The molecule has 0 saturated heterocycles. The third-order valence-corrected chi connectivity index (χ3v) is 4.27. The molecule has 3 aromatic rings. The summed E-state index contributed by atoms with van der Waals surface area (Å²) in [6.45, 7) is -0.263. The number of nitrogens with one attached hydrogen (secondary N) is 1. The number of benzene rings is 2. The summed E-state index contributed by atoms with van der Waals surface area (Å²) < 4.78 is 15.9. The lowest BCUT2D eigenvalue weighted by Crippen LogP contribution is -2.21. The van der Waals surface area contributed by atoms with Crippen LogP contribution in [0.1, 0.15) is 16.1 Å². The van der Waals surface area contributed by atoms with Gasteiger partial charge in [-0.3, -0.25) is 9.78 Å². The Bertz CT molecular complexity index is 1030. The smallest absolute Gasteiger partial charge is 0.342 e. The van der Waals surface area contributed by atoms with Gasteiger partial charge in [-0.05, 0) is 42.5 Å². The van der Waals surface area contributed by atoms with Gasteiger partial charge in [0, 0.05) is 11.9 Å². The number of esters is 1. The van der Waals surface area contributed by atoms with Crippen LogP contribution in [-0.2, 0) is 16.1 Å². The van der Waals surface area contributed by atoms with Crippen molar-refractivity contribution in [1.29, 1.82) is 0 Å². The topological polar surface area (TPSA) is 86.8 Å². The molecule has 0 spiro atoms. The zero-order valence-corrected chi connectivity index (χ0v) is 16.9. The lowest BCUT2D eigenvalue weighted by molar-refractivity contribution is -0.118. The van der Waals surface area contributed by atoms with Gasteiger partial charge in [0.1, 0.15) is 23.7 Å². The minimum atomic E-state index is -0.571. The predicted molar refractivity (Wildman–Crippen MR) is 112 cm³/mol. The van der Waals surface area contributed by atoms with Gasteiger partial charge in [-0.2, -0.15) is 0 Å². The van der Waals surface area contributed by atoms with Crippen LogP contribution in [0.3, 0.4) is 0 Å². The number of hydrogen-bond donors (Lipinski definition) is 1. The standard InChI is InChI=1S/C22H19ClN2O5/c1-28-20-10-9-15(12-18(20)23)25-21(26)14-29-19-8-3-2-7-17(19)22(27)30-13-16-6-4-5-11-24-16/h2-12H,13-14H2,1H3,(H,25,26). The van der Waals surface area contributed by atoms with Gasteiger partial charge in [0.05, 0.1) is 17.8 Å². The van der Waals surface area contributed by atoms with E-state index in [0.29, 0.717) is 22.2 Å². The highest BCUT2D eigenvalue weighted by molar-refractivity contribution is 6.32. The van der Waals surface area contributed by atoms with Gasteiger partial charge < -0.3 is 19.5 Å². The van der Waals surface area contributed by atoms with Crippen LogP contribution in [0.2, 0.25) is 5.02 Å². The monoisotopic (exact) mass is 426 g/mol. The molecule has 1 aromatic heterocycles. The Labute approximate surface area is 178 Å². The highest BCUT2D eigenvalue weighted by atomic mass is 35.5. The summed E-state index contributed by atoms with van der Waals surface area (Å²) >= 11 is 6.05. The summed E-state index contributed by atoms with van der Waals surface area (Å²) in [5.41, 5.74) is 1.34. The molecule has 0 atom stereocenters. The molecule has 1 amide bonds. The van der Waals surface area contributed by atoms with Crippen LogP contribution >= 0.6 is 11.6 Å². The van der Waals surface area contributed by atoms with Crippen molar-refractivity contribution < 1.29 is 23.8 Å². The van der Waals surface area contributed by atoms with E-state index in [1.165, 1.54) is 7.11 Å². The molecule has 1 N–H and O–H groups in total. The number of halogens is 1. The molecule has 0 unspecified atom stereocenters. The second kappa shape index (κ2) is 10.3. The van der Waals surface area contributed by atoms with Crippen molar-refractivity contribution in [2.45, 2.75) is 6.61 Å². The maximum Gasteiger partial charge on any atom is 0.342 e. The molecule has 0 fully saturated rings. The van der Waals surface area contributed by atoms with E-state index in [1.807, 2.05) is 6.07 Å². The van der Waals surface area contributed by atoms with Gasteiger partial charge in [0.15, 0.2) is 6.61 Å². The summed E-state index contributed by atoms with van der Waals surface area (Å²) in [7, 11) is 1.51. The van der Waals surface area contributed by atoms with E-state index < -0.39 is 11.9 Å². The molecule has 0 radical (unpaired) electrons. The first-order valence-electron chi connectivity index (χ1n) is 8.99. The number of pyridine rings is 1. The maximum atomic E-state index is 12.4.